The number of carbonyl (C=O) groups excluding carboxylic acids is 2. The second kappa shape index (κ2) is 10.6. The number of rotatable bonds is 5. The molecule has 7 nitrogen and oxygen atoms in total. The van der Waals surface area contributed by atoms with Crippen LogP contribution in [0.25, 0.3) is 0 Å². The third-order valence-corrected chi connectivity index (χ3v) is 3.30. The average Bonchev–Trinajstić information content (AvgIpc) is 2.55. The highest BCUT2D eigenvalue weighted by Crippen LogP contribution is 2.22. The van der Waals surface area contributed by atoms with Gasteiger partial charge in [0.05, 0.1) is 13.5 Å². The van der Waals surface area contributed by atoms with E-state index in [4.69, 9.17) is 11.1 Å². The number of esters is 1. The minimum Gasteiger partial charge on any atom is -0.469 e. The summed E-state index contributed by atoms with van der Waals surface area (Å²) >= 11 is 3.33. The minimum atomic E-state index is -0.797. The number of nitrogens with zero attached hydrogens (tertiary/aromatic N) is 1. The van der Waals surface area contributed by atoms with Gasteiger partial charge in [0.25, 0.3) is 0 Å². The van der Waals surface area contributed by atoms with Crippen LogP contribution in [-0.4, -0.2) is 43.4 Å². The van der Waals surface area contributed by atoms with Crippen molar-refractivity contribution in [3.8, 4) is 0 Å². The van der Waals surface area contributed by atoms with Crippen molar-refractivity contribution >= 4 is 39.5 Å². The quantitative estimate of drug-likeness (QED) is 0.410. The minimum absolute atomic E-state index is 0.0138. The normalized spacial score (nSPS) is 9.26. The van der Waals surface area contributed by atoms with Crippen molar-refractivity contribution in [2.45, 2.75) is 20.3 Å². The first-order valence-electron chi connectivity index (χ1n) is 7.10. The van der Waals surface area contributed by atoms with Crippen molar-refractivity contribution in [3.05, 3.63) is 28.2 Å². The standard InChI is InChI=1S/C13H17BrN4O3.C2H6/c1-17-10-7-8(14)3-4-9(10)12(15)18(13(16)20)6-5-11(19)21-2;1-2/h3-4,7,15,17H,5-6H2,1-2H3,(H2,16,20);1-2H3. The van der Waals surface area contributed by atoms with E-state index in [2.05, 4.69) is 26.0 Å². The molecule has 0 bridgehead atoms. The Bertz CT molecular complexity index is 564. The van der Waals surface area contributed by atoms with E-state index < -0.39 is 12.0 Å². The van der Waals surface area contributed by atoms with Gasteiger partial charge in [-0.15, -0.1) is 0 Å². The average molecular weight is 387 g/mol. The number of benzene rings is 1. The number of urea groups is 1. The largest absolute Gasteiger partial charge is 0.469 e. The van der Waals surface area contributed by atoms with Crippen LogP contribution in [0.3, 0.4) is 0 Å². The number of nitrogens with one attached hydrogen (secondary N) is 2. The number of nitrogens with two attached hydrogens (primary N) is 1. The summed E-state index contributed by atoms with van der Waals surface area (Å²) in [7, 11) is 2.97. The van der Waals surface area contributed by atoms with E-state index in [1.807, 2.05) is 13.8 Å². The fraction of sp³-hybridized carbons (Fsp3) is 0.400. The number of methoxy groups -OCH3 is 1. The van der Waals surface area contributed by atoms with E-state index in [0.717, 1.165) is 9.37 Å². The number of carbonyl (C=O) groups is 2. The molecule has 1 aromatic rings. The number of ether oxygens (including phenoxy) is 1. The van der Waals surface area contributed by atoms with Gasteiger partial charge >= 0.3 is 12.0 Å². The molecular weight excluding hydrogens is 364 g/mol. The molecule has 0 aliphatic carbocycles. The predicted molar refractivity (Wildman–Crippen MR) is 94.8 cm³/mol. The number of primary amides is 1. The van der Waals surface area contributed by atoms with E-state index in [0.29, 0.717) is 11.3 Å². The Morgan fingerprint density at radius 2 is 2.00 bits per heavy atom. The van der Waals surface area contributed by atoms with Gasteiger partial charge in [-0.25, -0.2) is 4.79 Å². The first-order chi connectivity index (χ1) is 10.9. The maximum atomic E-state index is 11.5. The van der Waals surface area contributed by atoms with Crippen LogP contribution >= 0.6 is 15.9 Å². The van der Waals surface area contributed by atoms with E-state index in [-0.39, 0.29) is 18.8 Å². The zero-order valence-corrected chi connectivity index (χ0v) is 15.4. The molecule has 0 fully saturated rings. The van der Waals surface area contributed by atoms with Gasteiger partial charge in [-0.1, -0.05) is 29.8 Å². The summed E-state index contributed by atoms with van der Waals surface area (Å²) in [6, 6.07) is 4.42. The molecule has 2 amide bonds. The van der Waals surface area contributed by atoms with Crippen molar-refractivity contribution in [1.82, 2.24) is 4.90 Å². The van der Waals surface area contributed by atoms with Gasteiger partial charge in [-0.05, 0) is 18.2 Å². The van der Waals surface area contributed by atoms with Crippen molar-refractivity contribution in [2.24, 2.45) is 5.73 Å². The summed E-state index contributed by atoms with van der Waals surface area (Å²) in [6.45, 7) is 3.99. The van der Waals surface area contributed by atoms with E-state index in [9.17, 15) is 9.59 Å². The smallest absolute Gasteiger partial charge is 0.320 e. The van der Waals surface area contributed by atoms with Crippen molar-refractivity contribution in [1.29, 1.82) is 5.41 Å². The number of hydrogen-bond acceptors (Lipinski definition) is 5. The van der Waals surface area contributed by atoms with Gasteiger partial charge in [-0.3, -0.25) is 15.1 Å². The molecule has 0 aromatic heterocycles. The van der Waals surface area contributed by atoms with Crippen LogP contribution < -0.4 is 11.1 Å². The number of anilines is 1. The summed E-state index contributed by atoms with van der Waals surface area (Å²) in [5.41, 5.74) is 6.46. The molecule has 0 saturated heterocycles. The van der Waals surface area contributed by atoms with E-state index >= 15 is 0 Å². The second-order valence-corrected chi connectivity index (χ2v) is 5.02. The van der Waals surface area contributed by atoms with Crippen LogP contribution in [0.2, 0.25) is 0 Å². The molecule has 1 rings (SSSR count). The Morgan fingerprint density at radius 1 is 1.39 bits per heavy atom. The Kier molecular flexibility index (Phi) is 9.64. The third-order valence-electron chi connectivity index (χ3n) is 2.81. The molecule has 23 heavy (non-hydrogen) atoms. The maximum Gasteiger partial charge on any atom is 0.320 e. The fourth-order valence-corrected chi connectivity index (χ4v) is 2.07. The lowest BCUT2D eigenvalue weighted by Crippen LogP contribution is -2.42. The summed E-state index contributed by atoms with van der Waals surface area (Å²) in [5.74, 6) is -0.554. The topological polar surface area (TPSA) is 109 Å². The molecule has 8 heteroatoms. The molecule has 0 heterocycles. The summed E-state index contributed by atoms with van der Waals surface area (Å²) in [5, 5.41) is 11.1. The molecule has 128 valence electrons. The van der Waals surface area contributed by atoms with Gasteiger partial charge in [-0.2, -0.15) is 0 Å². The Morgan fingerprint density at radius 3 is 2.48 bits per heavy atom. The molecule has 0 aliphatic rings. The van der Waals surface area contributed by atoms with Gasteiger partial charge in [0.15, 0.2) is 0 Å². The zero-order valence-electron chi connectivity index (χ0n) is 13.8. The molecule has 0 saturated carbocycles. The Labute approximate surface area is 144 Å². The number of halogens is 1. The molecule has 0 spiro atoms. The molecular formula is C15H23BrN4O3. The van der Waals surface area contributed by atoms with Crippen LogP contribution in [-0.2, 0) is 9.53 Å². The second-order valence-electron chi connectivity index (χ2n) is 4.10. The van der Waals surface area contributed by atoms with Crippen molar-refractivity contribution < 1.29 is 14.3 Å². The highest BCUT2D eigenvalue weighted by Gasteiger charge is 2.20. The number of amidine groups is 1. The maximum absolute atomic E-state index is 11.5. The van der Waals surface area contributed by atoms with Crippen LogP contribution in [0, 0.1) is 5.41 Å². The lowest BCUT2D eigenvalue weighted by Gasteiger charge is -2.22. The lowest BCUT2D eigenvalue weighted by atomic mass is 10.1. The summed E-state index contributed by atoms with van der Waals surface area (Å²) < 4.78 is 5.36. The van der Waals surface area contributed by atoms with Crippen LogP contribution in [0.15, 0.2) is 22.7 Å². The highest BCUT2D eigenvalue weighted by molar-refractivity contribution is 9.10. The lowest BCUT2D eigenvalue weighted by molar-refractivity contribution is -0.140. The van der Waals surface area contributed by atoms with Crippen LogP contribution in [0.4, 0.5) is 10.5 Å². The van der Waals surface area contributed by atoms with E-state index in [1.165, 1.54) is 7.11 Å². The van der Waals surface area contributed by atoms with Crippen LogP contribution in [0.1, 0.15) is 25.8 Å². The zero-order chi connectivity index (χ0) is 18.0. The van der Waals surface area contributed by atoms with Gasteiger partial charge < -0.3 is 15.8 Å². The Hall–Kier alpha value is -2.09. The highest BCUT2D eigenvalue weighted by atomic mass is 79.9. The summed E-state index contributed by atoms with van der Waals surface area (Å²) in [6.07, 6.45) is -0.0345. The predicted octanol–water partition coefficient (Wildman–Crippen LogP) is 2.79. The van der Waals surface area contributed by atoms with Gasteiger partial charge in [0.1, 0.15) is 5.84 Å². The van der Waals surface area contributed by atoms with Crippen molar-refractivity contribution in [2.75, 3.05) is 26.0 Å². The summed E-state index contributed by atoms with van der Waals surface area (Å²) in [4.78, 5) is 23.7. The molecule has 1 aromatic carbocycles. The first-order valence-corrected chi connectivity index (χ1v) is 7.90. The molecule has 0 unspecified atom stereocenters. The molecule has 0 aliphatic heterocycles. The van der Waals surface area contributed by atoms with Gasteiger partial charge in [0, 0.05) is 29.3 Å². The van der Waals surface area contributed by atoms with Crippen LogP contribution in [0.5, 0.6) is 0 Å². The molecule has 0 atom stereocenters. The Balaban J connectivity index is 0.00000232. The number of hydrogen-bond donors (Lipinski definition) is 3. The van der Waals surface area contributed by atoms with E-state index in [1.54, 1.807) is 25.2 Å². The van der Waals surface area contributed by atoms with Crippen molar-refractivity contribution in [3.63, 3.8) is 0 Å². The fourth-order valence-electron chi connectivity index (χ4n) is 1.71. The molecule has 0 radical (unpaired) electrons. The monoisotopic (exact) mass is 386 g/mol. The third kappa shape index (κ3) is 6.27. The SMILES string of the molecule is CC.CNc1cc(Br)ccc1C(=N)N(CCC(=O)OC)C(N)=O. The molecule has 4 N–H and O–H groups in total. The number of amides is 2. The van der Waals surface area contributed by atoms with Gasteiger partial charge in [0.2, 0.25) is 0 Å². The first kappa shape index (κ1) is 20.9.